The molecule has 0 bridgehead atoms. The number of hydrogen-bond acceptors (Lipinski definition) is 3. The fraction of sp³-hybridized carbons (Fsp3) is 0. The van der Waals surface area contributed by atoms with Crippen molar-refractivity contribution in [2.75, 3.05) is 0 Å². The third-order valence-electron chi connectivity index (χ3n) is 3.17. The van der Waals surface area contributed by atoms with Crippen LogP contribution in [0.25, 0.3) is 5.82 Å². The van der Waals surface area contributed by atoms with Crippen LogP contribution in [0.5, 0.6) is 0 Å². The molecule has 22 heavy (non-hydrogen) atoms. The summed E-state index contributed by atoms with van der Waals surface area (Å²) in [6, 6.07) is 16.6. The lowest BCUT2D eigenvalue weighted by atomic mass is 10.1. The van der Waals surface area contributed by atoms with E-state index in [2.05, 4.69) is 4.98 Å². The summed E-state index contributed by atoms with van der Waals surface area (Å²) < 4.78 is 1.23. The first-order chi connectivity index (χ1) is 10.7. The van der Waals surface area contributed by atoms with Crippen LogP contribution in [-0.4, -0.2) is 15.3 Å². The van der Waals surface area contributed by atoms with E-state index in [1.54, 1.807) is 48.7 Å². The Labute approximate surface area is 131 Å². The summed E-state index contributed by atoms with van der Waals surface area (Å²) in [7, 11) is 0. The predicted octanol–water partition coefficient (Wildman–Crippen LogP) is 3.12. The Hall–Kier alpha value is -2.72. The topological polar surface area (TPSA) is 52.0 Å². The van der Waals surface area contributed by atoms with Crippen molar-refractivity contribution in [3.63, 3.8) is 0 Å². The molecule has 0 atom stereocenters. The number of carbonyl (C=O) groups excluding carboxylic acids is 1. The summed E-state index contributed by atoms with van der Waals surface area (Å²) in [6.07, 6.45) is 1.56. The molecule has 0 amide bonds. The van der Waals surface area contributed by atoms with E-state index in [4.69, 9.17) is 11.6 Å². The van der Waals surface area contributed by atoms with Crippen LogP contribution in [0, 0.1) is 0 Å². The van der Waals surface area contributed by atoms with Crippen LogP contribution < -0.4 is 5.56 Å². The van der Waals surface area contributed by atoms with E-state index in [-0.39, 0.29) is 22.1 Å². The maximum absolute atomic E-state index is 12.7. The number of carbonyl (C=O) groups is 1. The molecule has 5 heteroatoms. The average Bonchev–Trinajstić information content (AvgIpc) is 2.57. The van der Waals surface area contributed by atoms with Crippen molar-refractivity contribution >= 4 is 17.4 Å². The van der Waals surface area contributed by atoms with Crippen LogP contribution in [0.4, 0.5) is 0 Å². The highest BCUT2D eigenvalue weighted by Gasteiger charge is 2.19. The summed E-state index contributed by atoms with van der Waals surface area (Å²) >= 11 is 6.19. The zero-order valence-corrected chi connectivity index (χ0v) is 12.2. The molecule has 0 radical (unpaired) electrons. The van der Waals surface area contributed by atoms with Crippen molar-refractivity contribution in [2.45, 2.75) is 0 Å². The number of rotatable bonds is 3. The van der Waals surface area contributed by atoms with Gasteiger partial charge in [-0.1, -0.05) is 48.0 Å². The summed E-state index contributed by atoms with van der Waals surface area (Å²) in [5, 5.41) is 0.208. The molecular weight excluding hydrogens is 300 g/mol. The minimum absolute atomic E-state index is 0.110. The van der Waals surface area contributed by atoms with Gasteiger partial charge in [0.2, 0.25) is 5.78 Å². The Balaban J connectivity index is 2.26. The van der Waals surface area contributed by atoms with Gasteiger partial charge in [-0.2, -0.15) is 0 Å². The number of benzene rings is 1. The monoisotopic (exact) mass is 310 g/mol. The van der Waals surface area contributed by atoms with Crippen LogP contribution >= 0.6 is 11.6 Å². The van der Waals surface area contributed by atoms with Gasteiger partial charge in [0.05, 0.1) is 5.02 Å². The molecule has 4 nitrogen and oxygen atoms in total. The number of hydrogen-bond donors (Lipinski definition) is 0. The van der Waals surface area contributed by atoms with Gasteiger partial charge >= 0.3 is 0 Å². The van der Waals surface area contributed by atoms with Gasteiger partial charge in [0, 0.05) is 17.8 Å². The molecule has 3 aromatic rings. The number of aromatic nitrogens is 2. The average molecular weight is 311 g/mol. The highest BCUT2D eigenvalue weighted by atomic mass is 35.5. The van der Waals surface area contributed by atoms with E-state index < -0.39 is 0 Å². The Kier molecular flexibility index (Phi) is 3.85. The molecule has 0 unspecified atom stereocenters. The maximum Gasteiger partial charge on any atom is 0.256 e. The van der Waals surface area contributed by atoms with Gasteiger partial charge < -0.3 is 0 Å². The molecule has 2 aromatic heterocycles. The second-order valence-electron chi connectivity index (χ2n) is 4.59. The fourth-order valence-electron chi connectivity index (χ4n) is 2.16. The maximum atomic E-state index is 12.7. The molecular formula is C17H11ClN2O2. The highest BCUT2D eigenvalue weighted by molar-refractivity contribution is 6.34. The minimum atomic E-state index is -0.359. The Morgan fingerprint density at radius 3 is 2.36 bits per heavy atom. The number of nitrogens with zero attached hydrogens (tertiary/aromatic N) is 2. The van der Waals surface area contributed by atoms with Gasteiger partial charge in [-0.25, -0.2) is 4.98 Å². The molecule has 0 aliphatic carbocycles. The summed E-state index contributed by atoms with van der Waals surface area (Å²) in [6.45, 7) is 0. The first-order valence-electron chi connectivity index (χ1n) is 6.61. The third kappa shape index (κ3) is 2.56. The number of ketones is 1. The number of pyridine rings is 2. The van der Waals surface area contributed by atoms with Crippen molar-refractivity contribution in [3.8, 4) is 5.82 Å². The third-order valence-corrected chi connectivity index (χ3v) is 3.48. The van der Waals surface area contributed by atoms with E-state index >= 15 is 0 Å². The molecule has 0 aliphatic rings. The normalized spacial score (nSPS) is 10.4. The lowest BCUT2D eigenvalue weighted by Crippen LogP contribution is -2.25. The summed E-state index contributed by atoms with van der Waals surface area (Å²) in [5.41, 5.74) is 0.209. The minimum Gasteiger partial charge on any atom is -0.287 e. The standard InChI is InChI=1S/C17H11ClN2O2/c18-13-9-10-15(21)20(14-8-4-5-11-19-14)16(13)17(22)12-6-2-1-3-7-12/h1-11H. The van der Waals surface area contributed by atoms with Gasteiger partial charge in [0.25, 0.3) is 5.56 Å². The molecule has 2 heterocycles. The zero-order valence-electron chi connectivity index (χ0n) is 11.4. The van der Waals surface area contributed by atoms with Gasteiger partial charge in [-0.05, 0) is 18.2 Å². The summed E-state index contributed by atoms with van der Waals surface area (Å²) in [4.78, 5) is 29.1. The van der Waals surface area contributed by atoms with E-state index in [1.165, 1.54) is 16.7 Å². The molecule has 0 saturated heterocycles. The molecule has 0 fully saturated rings. The van der Waals surface area contributed by atoms with Crippen molar-refractivity contribution < 1.29 is 4.79 Å². The molecule has 108 valence electrons. The van der Waals surface area contributed by atoms with Crippen LogP contribution in [0.1, 0.15) is 16.1 Å². The van der Waals surface area contributed by atoms with Crippen LogP contribution in [0.2, 0.25) is 5.02 Å². The van der Waals surface area contributed by atoms with Crippen LogP contribution in [-0.2, 0) is 0 Å². The lowest BCUT2D eigenvalue weighted by molar-refractivity contribution is 0.103. The summed E-state index contributed by atoms with van der Waals surface area (Å²) in [5.74, 6) is 0.0308. The molecule has 3 rings (SSSR count). The van der Waals surface area contributed by atoms with Gasteiger partial charge in [0.1, 0.15) is 11.5 Å². The van der Waals surface area contributed by atoms with Crippen LogP contribution in [0.15, 0.2) is 71.7 Å². The quantitative estimate of drug-likeness (QED) is 0.698. The molecule has 1 aromatic carbocycles. The fourth-order valence-corrected chi connectivity index (χ4v) is 2.40. The molecule has 0 spiro atoms. The van der Waals surface area contributed by atoms with E-state index in [9.17, 15) is 9.59 Å². The van der Waals surface area contributed by atoms with E-state index in [0.29, 0.717) is 11.4 Å². The Bertz CT molecular complexity index is 874. The molecule has 0 N–H and O–H groups in total. The van der Waals surface area contributed by atoms with Gasteiger partial charge in [-0.3, -0.25) is 14.2 Å². The first kappa shape index (κ1) is 14.2. The number of halogens is 1. The van der Waals surface area contributed by atoms with Crippen LogP contribution in [0.3, 0.4) is 0 Å². The lowest BCUT2D eigenvalue weighted by Gasteiger charge is -2.12. The second kappa shape index (κ2) is 5.95. The predicted molar refractivity (Wildman–Crippen MR) is 84.7 cm³/mol. The SMILES string of the molecule is O=C(c1ccccc1)c1c(Cl)ccc(=O)n1-c1ccccn1. The second-order valence-corrected chi connectivity index (χ2v) is 4.99. The molecule has 0 aliphatic heterocycles. The van der Waals surface area contributed by atoms with Crippen molar-refractivity contribution in [3.05, 3.63) is 93.5 Å². The Morgan fingerprint density at radius 1 is 0.955 bits per heavy atom. The first-order valence-corrected chi connectivity index (χ1v) is 6.99. The van der Waals surface area contributed by atoms with Gasteiger partial charge in [0.15, 0.2) is 0 Å². The molecule has 0 saturated carbocycles. The van der Waals surface area contributed by atoms with E-state index in [1.807, 2.05) is 6.07 Å². The van der Waals surface area contributed by atoms with Crippen molar-refractivity contribution in [2.24, 2.45) is 0 Å². The smallest absolute Gasteiger partial charge is 0.256 e. The van der Waals surface area contributed by atoms with Crippen molar-refractivity contribution in [1.29, 1.82) is 0 Å². The highest BCUT2D eigenvalue weighted by Crippen LogP contribution is 2.20. The van der Waals surface area contributed by atoms with E-state index in [0.717, 1.165) is 0 Å². The largest absolute Gasteiger partial charge is 0.287 e. The van der Waals surface area contributed by atoms with Crippen molar-refractivity contribution in [1.82, 2.24) is 9.55 Å². The van der Waals surface area contributed by atoms with Gasteiger partial charge in [-0.15, -0.1) is 0 Å². The zero-order chi connectivity index (χ0) is 15.5. The Morgan fingerprint density at radius 2 is 1.68 bits per heavy atom.